The van der Waals surface area contributed by atoms with Crippen LogP contribution in [0.15, 0.2) is 48.5 Å². The van der Waals surface area contributed by atoms with Crippen molar-refractivity contribution in [3.05, 3.63) is 70.9 Å². The lowest BCUT2D eigenvalue weighted by Crippen LogP contribution is -2.23. The molecule has 0 aliphatic rings. The molecule has 3 rings (SSSR count). The first-order valence-electron chi connectivity index (χ1n) is 7.05. The van der Waals surface area contributed by atoms with E-state index in [1.54, 1.807) is 0 Å². The number of aryl methyl sites for hydroxylation is 2. The average molecular weight is 278 g/mol. The van der Waals surface area contributed by atoms with Gasteiger partial charge in [-0.15, -0.1) is 0 Å². The van der Waals surface area contributed by atoms with E-state index < -0.39 is 0 Å². The number of amides is 1. The number of rotatable bonds is 3. The molecular weight excluding hydrogens is 260 g/mol. The minimum Gasteiger partial charge on any atom is -0.351 e. The Morgan fingerprint density at radius 1 is 1.05 bits per heavy atom. The van der Waals surface area contributed by atoms with Crippen LogP contribution in [0, 0.1) is 13.8 Å². The van der Waals surface area contributed by atoms with Crippen LogP contribution in [0.4, 0.5) is 0 Å². The SMILES string of the molecule is Cc1cccc(CNC(=O)c2cc3ccc(C)cc3[nH]2)c1. The van der Waals surface area contributed by atoms with Crippen LogP contribution in [-0.4, -0.2) is 10.9 Å². The first-order valence-corrected chi connectivity index (χ1v) is 7.05. The van der Waals surface area contributed by atoms with Gasteiger partial charge in [-0.05, 0) is 37.1 Å². The summed E-state index contributed by atoms with van der Waals surface area (Å²) < 4.78 is 0. The summed E-state index contributed by atoms with van der Waals surface area (Å²) in [6.07, 6.45) is 0. The molecule has 0 spiro atoms. The van der Waals surface area contributed by atoms with E-state index >= 15 is 0 Å². The number of aromatic amines is 1. The first kappa shape index (κ1) is 13.4. The lowest BCUT2D eigenvalue weighted by molar-refractivity contribution is 0.0946. The fourth-order valence-corrected chi connectivity index (χ4v) is 2.46. The summed E-state index contributed by atoms with van der Waals surface area (Å²) in [5.41, 5.74) is 5.08. The summed E-state index contributed by atoms with van der Waals surface area (Å²) in [5, 5.41) is 4.00. The number of nitrogens with one attached hydrogen (secondary N) is 2. The van der Waals surface area contributed by atoms with E-state index in [-0.39, 0.29) is 5.91 Å². The molecule has 2 N–H and O–H groups in total. The number of fused-ring (bicyclic) bond motifs is 1. The van der Waals surface area contributed by atoms with E-state index in [0.29, 0.717) is 12.2 Å². The summed E-state index contributed by atoms with van der Waals surface area (Å²) in [7, 11) is 0. The van der Waals surface area contributed by atoms with Gasteiger partial charge in [0.2, 0.25) is 0 Å². The largest absolute Gasteiger partial charge is 0.351 e. The maximum atomic E-state index is 12.2. The first-order chi connectivity index (χ1) is 10.1. The standard InChI is InChI=1S/C18H18N2O/c1-12-4-3-5-14(8-12)11-19-18(21)17-10-15-7-6-13(2)9-16(15)20-17/h3-10,20H,11H2,1-2H3,(H,19,21). The van der Waals surface area contributed by atoms with Crippen LogP contribution >= 0.6 is 0 Å². The fraction of sp³-hybridized carbons (Fsp3) is 0.167. The van der Waals surface area contributed by atoms with E-state index in [4.69, 9.17) is 0 Å². The van der Waals surface area contributed by atoms with Crippen LogP contribution in [0.5, 0.6) is 0 Å². The van der Waals surface area contributed by atoms with Crippen molar-refractivity contribution in [2.45, 2.75) is 20.4 Å². The molecule has 0 unspecified atom stereocenters. The highest BCUT2D eigenvalue weighted by atomic mass is 16.1. The van der Waals surface area contributed by atoms with Crippen LogP contribution < -0.4 is 5.32 Å². The van der Waals surface area contributed by atoms with Gasteiger partial charge >= 0.3 is 0 Å². The fourth-order valence-electron chi connectivity index (χ4n) is 2.46. The van der Waals surface area contributed by atoms with Gasteiger partial charge in [0.25, 0.3) is 5.91 Å². The number of hydrogen-bond acceptors (Lipinski definition) is 1. The number of aromatic nitrogens is 1. The Bertz CT molecular complexity index is 802. The average Bonchev–Trinajstić information content (AvgIpc) is 2.88. The minimum absolute atomic E-state index is 0.0784. The number of hydrogen-bond donors (Lipinski definition) is 2. The molecule has 3 nitrogen and oxygen atoms in total. The molecule has 0 aliphatic carbocycles. The zero-order valence-corrected chi connectivity index (χ0v) is 12.2. The number of carbonyl (C=O) groups excluding carboxylic acids is 1. The van der Waals surface area contributed by atoms with Gasteiger partial charge in [0, 0.05) is 17.4 Å². The Morgan fingerprint density at radius 2 is 1.86 bits per heavy atom. The van der Waals surface area contributed by atoms with Crippen LogP contribution in [-0.2, 0) is 6.54 Å². The number of carbonyl (C=O) groups is 1. The summed E-state index contributed by atoms with van der Waals surface area (Å²) in [6.45, 7) is 4.62. The number of benzene rings is 2. The van der Waals surface area contributed by atoms with Crippen molar-refractivity contribution in [1.29, 1.82) is 0 Å². The summed E-state index contributed by atoms with van der Waals surface area (Å²) >= 11 is 0. The minimum atomic E-state index is -0.0784. The maximum absolute atomic E-state index is 12.2. The molecule has 3 heteroatoms. The van der Waals surface area contributed by atoms with Gasteiger partial charge in [-0.3, -0.25) is 4.79 Å². The summed E-state index contributed by atoms with van der Waals surface area (Å²) in [6, 6.07) is 16.2. The second-order valence-electron chi connectivity index (χ2n) is 5.45. The van der Waals surface area contributed by atoms with Crippen molar-refractivity contribution in [1.82, 2.24) is 10.3 Å². The Balaban J connectivity index is 1.74. The quantitative estimate of drug-likeness (QED) is 0.753. The normalized spacial score (nSPS) is 10.8. The van der Waals surface area contributed by atoms with Crippen molar-refractivity contribution in [2.75, 3.05) is 0 Å². The molecule has 106 valence electrons. The molecule has 0 saturated carbocycles. The molecule has 0 bridgehead atoms. The van der Waals surface area contributed by atoms with E-state index in [2.05, 4.69) is 16.4 Å². The molecular formula is C18H18N2O. The van der Waals surface area contributed by atoms with E-state index in [1.165, 1.54) is 11.1 Å². The van der Waals surface area contributed by atoms with E-state index in [1.807, 2.05) is 56.3 Å². The molecule has 0 saturated heterocycles. The molecule has 21 heavy (non-hydrogen) atoms. The zero-order chi connectivity index (χ0) is 14.8. The number of H-pyrrole nitrogens is 1. The van der Waals surface area contributed by atoms with Crippen molar-refractivity contribution >= 4 is 16.8 Å². The van der Waals surface area contributed by atoms with Gasteiger partial charge in [0.15, 0.2) is 0 Å². The topological polar surface area (TPSA) is 44.9 Å². The highest BCUT2D eigenvalue weighted by Gasteiger charge is 2.09. The van der Waals surface area contributed by atoms with Gasteiger partial charge in [-0.25, -0.2) is 0 Å². The van der Waals surface area contributed by atoms with Crippen LogP contribution in [0.2, 0.25) is 0 Å². The molecule has 1 aromatic heterocycles. The third kappa shape index (κ3) is 2.97. The summed E-state index contributed by atoms with van der Waals surface area (Å²) in [4.78, 5) is 15.4. The van der Waals surface area contributed by atoms with Gasteiger partial charge in [-0.2, -0.15) is 0 Å². The van der Waals surface area contributed by atoms with Crippen molar-refractivity contribution in [3.63, 3.8) is 0 Å². The molecule has 1 amide bonds. The van der Waals surface area contributed by atoms with Crippen molar-refractivity contribution in [2.24, 2.45) is 0 Å². The zero-order valence-electron chi connectivity index (χ0n) is 12.2. The maximum Gasteiger partial charge on any atom is 0.267 e. The third-order valence-corrected chi connectivity index (χ3v) is 3.56. The molecule has 0 aliphatic heterocycles. The molecule has 3 aromatic rings. The molecule has 0 radical (unpaired) electrons. The highest BCUT2D eigenvalue weighted by Crippen LogP contribution is 2.17. The molecule has 0 fully saturated rings. The van der Waals surface area contributed by atoms with Crippen molar-refractivity contribution in [3.8, 4) is 0 Å². The Labute approximate surface area is 124 Å². The van der Waals surface area contributed by atoms with E-state index in [9.17, 15) is 4.79 Å². The van der Waals surface area contributed by atoms with Crippen molar-refractivity contribution < 1.29 is 4.79 Å². The van der Waals surface area contributed by atoms with Crippen LogP contribution in [0.25, 0.3) is 10.9 Å². The molecule has 1 heterocycles. The van der Waals surface area contributed by atoms with Crippen LogP contribution in [0.1, 0.15) is 27.2 Å². The lowest BCUT2D eigenvalue weighted by atomic mass is 10.1. The van der Waals surface area contributed by atoms with Gasteiger partial charge in [0.1, 0.15) is 5.69 Å². The van der Waals surface area contributed by atoms with Gasteiger partial charge in [-0.1, -0.05) is 42.0 Å². The Hall–Kier alpha value is -2.55. The highest BCUT2D eigenvalue weighted by molar-refractivity contribution is 5.98. The van der Waals surface area contributed by atoms with Gasteiger partial charge < -0.3 is 10.3 Å². The smallest absolute Gasteiger partial charge is 0.267 e. The van der Waals surface area contributed by atoms with E-state index in [0.717, 1.165) is 16.5 Å². The van der Waals surface area contributed by atoms with Crippen LogP contribution in [0.3, 0.4) is 0 Å². The second kappa shape index (κ2) is 5.44. The molecule has 0 atom stereocenters. The summed E-state index contributed by atoms with van der Waals surface area (Å²) in [5.74, 6) is -0.0784. The molecule has 2 aromatic carbocycles. The predicted octanol–water partition coefficient (Wildman–Crippen LogP) is 3.71. The lowest BCUT2D eigenvalue weighted by Gasteiger charge is -2.04. The third-order valence-electron chi connectivity index (χ3n) is 3.56. The monoisotopic (exact) mass is 278 g/mol. The Morgan fingerprint density at radius 3 is 2.67 bits per heavy atom. The predicted molar refractivity (Wildman–Crippen MR) is 85.4 cm³/mol. The van der Waals surface area contributed by atoms with Gasteiger partial charge in [0.05, 0.1) is 0 Å². The Kier molecular flexibility index (Phi) is 3.48. The second-order valence-corrected chi connectivity index (χ2v) is 5.45.